The van der Waals surface area contributed by atoms with Gasteiger partial charge in [-0.1, -0.05) is 49.7 Å². The second-order valence-electron chi connectivity index (χ2n) is 6.28. The number of fused-ring (bicyclic) bond motifs is 1. The second kappa shape index (κ2) is 5.30. The van der Waals surface area contributed by atoms with E-state index in [2.05, 4.69) is 43.4 Å². The van der Waals surface area contributed by atoms with Crippen LogP contribution in [0.3, 0.4) is 0 Å². The molecule has 1 aromatic carbocycles. The van der Waals surface area contributed by atoms with Crippen LogP contribution in [0.4, 0.5) is 0 Å². The molecule has 102 valence electrons. The van der Waals surface area contributed by atoms with Crippen LogP contribution >= 0.6 is 11.6 Å². The van der Waals surface area contributed by atoms with Crippen molar-refractivity contribution in [3.63, 3.8) is 0 Å². The molecule has 4 atom stereocenters. The van der Waals surface area contributed by atoms with Gasteiger partial charge >= 0.3 is 0 Å². The monoisotopic (exact) mass is 275 g/mol. The van der Waals surface area contributed by atoms with Gasteiger partial charge in [-0.2, -0.15) is 0 Å². The van der Waals surface area contributed by atoms with Crippen LogP contribution in [0.25, 0.3) is 0 Å². The molecule has 1 saturated carbocycles. The van der Waals surface area contributed by atoms with E-state index >= 15 is 0 Å². The van der Waals surface area contributed by atoms with E-state index in [9.17, 15) is 0 Å². The largest absolute Gasteiger partial charge is 0.306 e. The van der Waals surface area contributed by atoms with Crippen molar-refractivity contribution in [3.8, 4) is 0 Å². The Morgan fingerprint density at radius 3 is 2.58 bits per heavy atom. The number of rotatable bonds is 4. The minimum Gasteiger partial charge on any atom is -0.306 e. The van der Waals surface area contributed by atoms with Crippen LogP contribution in [0.1, 0.15) is 38.3 Å². The molecule has 2 heteroatoms. The molecule has 19 heavy (non-hydrogen) atoms. The fourth-order valence-corrected chi connectivity index (χ4v) is 3.61. The number of halogens is 1. The molecule has 0 saturated heterocycles. The van der Waals surface area contributed by atoms with Gasteiger partial charge in [-0.05, 0) is 48.3 Å². The molecule has 0 radical (unpaired) electrons. The van der Waals surface area contributed by atoms with E-state index in [1.807, 2.05) is 12.1 Å². The lowest BCUT2D eigenvalue weighted by molar-refractivity contribution is 0.140. The number of nitrogens with one attached hydrogen (secondary N) is 1. The smallest absolute Gasteiger partial charge is 0.0406 e. The molecule has 1 N–H and O–H groups in total. The molecule has 4 unspecified atom stereocenters. The lowest BCUT2D eigenvalue weighted by Crippen LogP contribution is -2.50. The third-order valence-corrected chi connectivity index (χ3v) is 4.90. The summed E-state index contributed by atoms with van der Waals surface area (Å²) in [6.45, 7) is 4.57. The van der Waals surface area contributed by atoms with Crippen LogP contribution in [0.2, 0.25) is 5.02 Å². The third-order valence-electron chi connectivity index (χ3n) is 4.65. The van der Waals surface area contributed by atoms with E-state index in [0.29, 0.717) is 18.0 Å². The maximum atomic E-state index is 5.98. The fraction of sp³-hybridized carbons (Fsp3) is 0.529. The summed E-state index contributed by atoms with van der Waals surface area (Å²) < 4.78 is 0. The van der Waals surface area contributed by atoms with E-state index in [-0.39, 0.29) is 0 Å². The average Bonchev–Trinajstić information content (AvgIpc) is 2.73. The molecule has 0 aromatic heterocycles. The van der Waals surface area contributed by atoms with Crippen LogP contribution in [-0.2, 0) is 0 Å². The Hall–Kier alpha value is -0.790. The van der Waals surface area contributed by atoms with Crippen molar-refractivity contribution in [2.75, 3.05) is 0 Å². The second-order valence-corrected chi connectivity index (χ2v) is 6.72. The summed E-state index contributed by atoms with van der Waals surface area (Å²) in [5.74, 6) is 2.27. The van der Waals surface area contributed by atoms with Gasteiger partial charge in [0.15, 0.2) is 0 Å². The highest BCUT2D eigenvalue weighted by atomic mass is 35.5. The summed E-state index contributed by atoms with van der Waals surface area (Å²) in [6.07, 6.45) is 7.37. The molecule has 0 spiro atoms. The van der Waals surface area contributed by atoms with Gasteiger partial charge in [-0.3, -0.25) is 0 Å². The van der Waals surface area contributed by atoms with Crippen LogP contribution in [0.5, 0.6) is 0 Å². The van der Waals surface area contributed by atoms with E-state index in [1.165, 1.54) is 18.4 Å². The van der Waals surface area contributed by atoms with Crippen molar-refractivity contribution in [1.82, 2.24) is 5.32 Å². The summed E-state index contributed by atoms with van der Waals surface area (Å²) in [4.78, 5) is 0. The first kappa shape index (κ1) is 13.2. The highest BCUT2D eigenvalue weighted by Gasteiger charge is 2.41. The molecule has 3 rings (SSSR count). The van der Waals surface area contributed by atoms with E-state index in [0.717, 1.165) is 16.9 Å². The Labute approximate surface area is 121 Å². The first-order valence-electron chi connectivity index (χ1n) is 7.33. The predicted octanol–water partition coefficient (Wildman–Crippen LogP) is 4.59. The Morgan fingerprint density at radius 1 is 1.21 bits per heavy atom. The number of hydrogen-bond donors (Lipinski definition) is 1. The Bertz CT molecular complexity index is 463. The van der Waals surface area contributed by atoms with Gasteiger partial charge in [0, 0.05) is 17.1 Å². The molecule has 0 aliphatic heterocycles. The first-order chi connectivity index (χ1) is 9.15. The molecular formula is C17H22ClN. The Balaban J connectivity index is 1.71. The Morgan fingerprint density at radius 2 is 1.95 bits per heavy atom. The topological polar surface area (TPSA) is 12.0 Å². The van der Waals surface area contributed by atoms with Crippen LogP contribution in [0, 0.1) is 17.8 Å². The zero-order valence-electron chi connectivity index (χ0n) is 11.6. The van der Waals surface area contributed by atoms with Crippen molar-refractivity contribution < 1.29 is 0 Å². The van der Waals surface area contributed by atoms with Gasteiger partial charge in [0.05, 0.1) is 0 Å². The van der Waals surface area contributed by atoms with Crippen molar-refractivity contribution in [2.24, 2.45) is 17.8 Å². The summed E-state index contributed by atoms with van der Waals surface area (Å²) in [7, 11) is 0. The van der Waals surface area contributed by atoms with Crippen molar-refractivity contribution >= 4 is 11.6 Å². The maximum absolute atomic E-state index is 5.98. The van der Waals surface area contributed by atoms with Crippen molar-refractivity contribution in [1.29, 1.82) is 0 Å². The lowest BCUT2D eigenvalue weighted by atomic mass is 9.70. The SMILES string of the molecule is CC(C)C(NC1CC2CC=CC21)c1ccc(Cl)cc1. The molecule has 1 fully saturated rings. The van der Waals surface area contributed by atoms with Gasteiger partial charge < -0.3 is 5.32 Å². The summed E-state index contributed by atoms with van der Waals surface area (Å²) in [5, 5.41) is 4.68. The van der Waals surface area contributed by atoms with Gasteiger partial charge in [0.1, 0.15) is 0 Å². The minimum atomic E-state index is 0.428. The van der Waals surface area contributed by atoms with Gasteiger partial charge in [-0.15, -0.1) is 0 Å². The van der Waals surface area contributed by atoms with E-state index in [1.54, 1.807) is 0 Å². The molecule has 1 aromatic rings. The van der Waals surface area contributed by atoms with Gasteiger partial charge in [0.25, 0.3) is 0 Å². The molecule has 2 aliphatic carbocycles. The number of hydrogen-bond acceptors (Lipinski definition) is 1. The van der Waals surface area contributed by atoms with Crippen molar-refractivity contribution in [3.05, 3.63) is 47.0 Å². The van der Waals surface area contributed by atoms with Crippen LogP contribution in [-0.4, -0.2) is 6.04 Å². The van der Waals surface area contributed by atoms with E-state index < -0.39 is 0 Å². The average molecular weight is 276 g/mol. The summed E-state index contributed by atoms with van der Waals surface area (Å²) in [5.41, 5.74) is 1.35. The van der Waals surface area contributed by atoms with Crippen LogP contribution < -0.4 is 5.32 Å². The lowest BCUT2D eigenvalue weighted by Gasteiger charge is -2.43. The highest BCUT2D eigenvalue weighted by Crippen LogP contribution is 2.44. The molecule has 1 nitrogen and oxygen atoms in total. The van der Waals surface area contributed by atoms with Crippen LogP contribution in [0.15, 0.2) is 36.4 Å². The third kappa shape index (κ3) is 2.59. The van der Waals surface area contributed by atoms with Gasteiger partial charge in [-0.25, -0.2) is 0 Å². The maximum Gasteiger partial charge on any atom is 0.0406 e. The standard InChI is InChI=1S/C17H22ClN/c1-11(2)17(12-6-8-14(18)9-7-12)19-16-10-13-4-3-5-15(13)16/h3,5-9,11,13,15-17,19H,4,10H2,1-2H3. The molecule has 0 bridgehead atoms. The molecule has 0 amide bonds. The zero-order chi connectivity index (χ0) is 13.4. The predicted molar refractivity (Wildman–Crippen MR) is 81.3 cm³/mol. The molecule has 0 heterocycles. The number of allylic oxidation sites excluding steroid dienone is 1. The minimum absolute atomic E-state index is 0.428. The van der Waals surface area contributed by atoms with Gasteiger partial charge in [0.2, 0.25) is 0 Å². The quantitative estimate of drug-likeness (QED) is 0.793. The van der Waals surface area contributed by atoms with Crippen molar-refractivity contribution in [2.45, 2.75) is 38.8 Å². The summed E-state index contributed by atoms with van der Waals surface area (Å²) in [6, 6.07) is 9.38. The molecule has 2 aliphatic rings. The summed E-state index contributed by atoms with van der Waals surface area (Å²) >= 11 is 5.98. The highest BCUT2D eigenvalue weighted by molar-refractivity contribution is 6.30. The molecular weight excluding hydrogens is 254 g/mol. The zero-order valence-corrected chi connectivity index (χ0v) is 12.4. The number of benzene rings is 1. The van der Waals surface area contributed by atoms with E-state index in [4.69, 9.17) is 11.6 Å². The fourth-order valence-electron chi connectivity index (χ4n) is 3.48. The first-order valence-corrected chi connectivity index (χ1v) is 7.71. The normalized spacial score (nSPS) is 30.2. The Kier molecular flexibility index (Phi) is 3.68.